The van der Waals surface area contributed by atoms with E-state index in [1.54, 1.807) is 0 Å². The van der Waals surface area contributed by atoms with Crippen LogP contribution in [0, 0.1) is 11.6 Å². The Kier molecular flexibility index (Phi) is 6.34. The summed E-state index contributed by atoms with van der Waals surface area (Å²) in [5.41, 5.74) is -6.32. The molecule has 4 aromatic rings. The molecule has 0 saturated carbocycles. The van der Waals surface area contributed by atoms with Crippen LogP contribution in [0.25, 0.3) is 0 Å². The van der Waals surface area contributed by atoms with Crippen LogP contribution in [0.4, 0.5) is 30.7 Å². The Hall–Kier alpha value is -4.14. The molecule has 0 aliphatic rings. The van der Waals surface area contributed by atoms with Crippen molar-refractivity contribution >= 4 is 0 Å². The van der Waals surface area contributed by atoms with Crippen molar-refractivity contribution in [3.05, 3.63) is 89.6 Å². The van der Waals surface area contributed by atoms with E-state index in [-0.39, 0.29) is 11.6 Å². The van der Waals surface area contributed by atoms with Crippen molar-refractivity contribution in [2.45, 2.75) is 24.2 Å². The Balaban J connectivity index is 1.65. The summed E-state index contributed by atoms with van der Waals surface area (Å²) in [4.78, 5) is 7.07. The first kappa shape index (κ1) is 25.0. The Morgan fingerprint density at radius 2 is 1.69 bits per heavy atom. The van der Waals surface area contributed by atoms with E-state index in [9.17, 15) is 27.1 Å². The summed E-state index contributed by atoms with van der Waals surface area (Å²) in [5.74, 6) is -7.23. The van der Waals surface area contributed by atoms with Gasteiger partial charge in [0.15, 0.2) is 5.60 Å². The van der Waals surface area contributed by atoms with Crippen LogP contribution in [0.15, 0.2) is 61.2 Å². The number of aromatic nitrogens is 6. The van der Waals surface area contributed by atoms with E-state index in [2.05, 4.69) is 25.5 Å². The van der Waals surface area contributed by atoms with Gasteiger partial charge in [-0.3, -0.25) is 4.98 Å². The van der Waals surface area contributed by atoms with Gasteiger partial charge < -0.3 is 9.84 Å². The van der Waals surface area contributed by atoms with Gasteiger partial charge in [0.05, 0.1) is 18.3 Å². The number of aliphatic hydroxyl groups is 1. The Bertz CT molecular complexity index is 1330. The van der Waals surface area contributed by atoms with Crippen LogP contribution >= 0.6 is 0 Å². The van der Waals surface area contributed by atoms with Gasteiger partial charge in [0, 0.05) is 23.9 Å². The molecular weight excluding hydrogens is 501 g/mol. The standard InChI is InChI=1S/C21H13F7N6O2/c22-13-2-4-15(16(23)7-13)19(35,10-34-11-31-32-33-34)20(24,25)17-5-3-14(9-29-17)36-18-6-1-12(8-30-18)21(26,27)28/h1-9,11,35H,10H2. The van der Waals surface area contributed by atoms with Gasteiger partial charge >= 0.3 is 12.1 Å². The van der Waals surface area contributed by atoms with Gasteiger partial charge in [0.25, 0.3) is 0 Å². The van der Waals surface area contributed by atoms with E-state index in [1.807, 2.05) is 0 Å². The quantitative estimate of drug-likeness (QED) is 0.369. The van der Waals surface area contributed by atoms with Gasteiger partial charge in [0.1, 0.15) is 29.4 Å². The number of hydrogen-bond acceptors (Lipinski definition) is 7. The summed E-state index contributed by atoms with van der Waals surface area (Å²) in [5, 5.41) is 21.1. The van der Waals surface area contributed by atoms with Crippen LogP contribution in [-0.2, 0) is 24.2 Å². The highest BCUT2D eigenvalue weighted by Crippen LogP contribution is 2.47. The molecule has 1 N–H and O–H groups in total. The van der Waals surface area contributed by atoms with Crippen molar-refractivity contribution < 1.29 is 40.6 Å². The molecule has 0 amide bonds. The van der Waals surface area contributed by atoms with E-state index in [4.69, 9.17) is 4.74 Å². The molecule has 15 heteroatoms. The normalized spacial score (nSPS) is 13.9. The monoisotopic (exact) mass is 514 g/mol. The van der Waals surface area contributed by atoms with Crippen molar-refractivity contribution in [1.29, 1.82) is 0 Å². The lowest BCUT2D eigenvalue weighted by molar-refractivity contribution is -0.207. The maximum Gasteiger partial charge on any atom is 0.417 e. The fourth-order valence-electron chi connectivity index (χ4n) is 3.23. The first-order valence-electron chi connectivity index (χ1n) is 9.84. The molecule has 0 fully saturated rings. The highest BCUT2D eigenvalue weighted by Gasteiger charge is 2.58. The lowest BCUT2D eigenvalue weighted by atomic mass is 9.84. The number of tetrazole rings is 1. The van der Waals surface area contributed by atoms with Crippen LogP contribution in [0.3, 0.4) is 0 Å². The predicted octanol–water partition coefficient (Wildman–Crippen LogP) is 4.23. The van der Waals surface area contributed by atoms with Crippen LogP contribution in [0.5, 0.6) is 11.6 Å². The van der Waals surface area contributed by atoms with E-state index in [1.165, 1.54) is 0 Å². The molecule has 3 aromatic heterocycles. The summed E-state index contributed by atoms with van der Waals surface area (Å²) < 4.78 is 103. The minimum atomic E-state index is -4.61. The van der Waals surface area contributed by atoms with Crippen LogP contribution < -0.4 is 4.74 Å². The number of pyridine rings is 2. The summed E-state index contributed by atoms with van der Waals surface area (Å²) in [7, 11) is 0. The molecular formula is C21H13F7N6O2. The SMILES string of the molecule is OC(Cn1cnnn1)(c1ccc(F)cc1F)C(F)(F)c1ccc(Oc2ccc(C(F)(F)F)cn2)cn1. The number of ether oxygens (including phenoxy) is 1. The second-order valence-corrected chi connectivity index (χ2v) is 7.43. The summed E-state index contributed by atoms with van der Waals surface area (Å²) in [6.07, 6.45) is -2.37. The molecule has 3 heterocycles. The first-order valence-corrected chi connectivity index (χ1v) is 9.84. The van der Waals surface area contributed by atoms with Crippen molar-refractivity contribution in [3.8, 4) is 11.6 Å². The summed E-state index contributed by atoms with van der Waals surface area (Å²) in [6.45, 7) is -1.04. The van der Waals surface area contributed by atoms with Crippen molar-refractivity contribution in [1.82, 2.24) is 30.2 Å². The largest absolute Gasteiger partial charge is 0.437 e. The van der Waals surface area contributed by atoms with E-state index < -0.39 is 52.7 Å². The smallest absolute Gasteiger partial charge is 0.417 e. The fraction of sp³-hybridized carbons (Fsp3) is 0.190. The molecule has 0 aliphatic heterocycles. The molecule has 0 saturated heterocycles. The lowest BCUT2D eigenvalue weighted by Gasteiger charge is -2.35. The molecule has 0 bridgehead atoms. The molecule has 8 nitrogen and oxygen atoms in total. The average molecular weight is 514 g/mol. The molecule has 0 spiro atoms. The number of nitrogens with zero attached hydrogens (tertiary/aromatic N) is 6. The maximum absolute atomic E-state index is 15.7. The van der Waals surface area contributed by atoms with Crippen molar-refractivity contribution in [2.75, 3.05) is 0 Å². The minimum Gasteiger partial charge on any atom is -0.437 e. The summed E-state index contributed by atoms with van der Waals surface area (Å²) in [6, 6.07) is 5.08. The van der Waals surface area contributed by atoms with Crippen LogP contribution in [0.1, 0.15) is 16.8 Å². The number of halogens is 7. The molecule has 0 aliphatic carbocycles. The second kappa shape index (κ2) is 9.14. The molecule has 1 aromatic carbocycles. The minimum absolute atomic E-state index is 0.168. The molecule has 4 rings (SSSR count). The summed E-state index contributed by atoms with van der Waals surface area (Å²) >= 11 is 0. The van der Waals surface area contributed by atoms with Gasteiger partial charge in [0.2, 0.25) is 5.88 Å². The first-order chi connectivity index (χ1) is 16.9. The lowest BCUT2D eigenvalue weighted by Crippen LogP contribution is -2.48. The molecule has 1 unspecified atom stereocenters. The van der Waals surface area contributed by atoms with E-state index in [0.29, 0.717) is 30.5 Å². The molecule has 1 atom stereocenters. The highest BCUT2D eigenvalue weighted by atomic mass is 19.4. The number of benzene rings is 1. The molecule has 36 heavy (non-hydrogen) atoms. The van der Waals surface area contributed by atoms with Crippen LogP contribution in [-0.4, -0.2) is 35.3 Å². The predicted molar refractivity (Wildman–Crippen MR) is 106 cm³/mol. The Morgan fingerprint density at radius 3 is 2.25 bits per heavy atom. The van der Waals surface area contributed by atoms with Gasteiger partial charge in [-0.05, 0) is 40.8 Å². The van der Waals surface area contributed by atoms with Gasteiger partial charge in [-0.1, -0.05) is 0 Å². The zero-order chi connectivity index (χ0) is 26.1. The topological polar surface area (TPSA) is 98.8 Å². The van der Waals surface area contributed by atoms with Crippen molar-refractivity contribution in [2.24, 2.45) is 0 Å². The van der Waals surface area contributed by atoms with Crippen molar-refractivity contribution in [3.63, 3.8) is 0 Å². The van der Waals surface area contributed by atoms with Gasteiger partial charge in [-0.15, -0.1) is 5.10 Å². The average Bonchev–Trinajstić information content (AvgIpc) is 3.32. The third-order valence-corrected chi connectivity index (χ3v) is 5.02. The Morgan fingerprint density at radius 1 is 0.917 bits per heavy atom. The fourth-order valence-corrected chi connectivity index (χ4v) is 3.23. The number of rotatable bonds is 7. The third-order valence-electron chi connectivity index (χ3n) is 5.02. The number of hydrogen-bond donors (Lipinski definition) is 1. The Labute approximate surface area is 197 Å². The second-order valence-electron chi connectivity index (χ2n) is 7.43. The van der Waals surface area contributed by atoms with E-state index in [0.717, 1.165) is 35.4 Å². The molecule has 188 valence electrons. The van der Waals surface area contributed by atoms with E-state index >= 15 is 8.78 Å². The third kappa shape index (κ3) is 4.82. The maximum atomic E-state index is 15.7. The number of alkyl halides is 5. The zero-order valence-corrected chi connectivity index (χ0v) is 17.7. The van der Waals surface area contributed by atoms with Gasteiger partial charge in [-0.2, -0.15) is 22.0 Å². The highest BCUT2D eigenvalue weighted by molar-refractivity contribution is 5.33. The molecule has 0 radical (unpaired) electrons. The van der Waals surface area contributed by atoms with Crippen LogP contribution in [0.2, 0.25) is 0 Å². The zero-order valence-electron chi connectivity index (χ0n) is 17.7. The van der Waals surface area contributed by atoms with Gasteiger partial charge in [-0.25, -0.2) is 18.4 Å².